The molecule has 0 fully saturated rings. The number of hydrogen-bond donors (Lipinski definition) is 1. The Kier molecular flexibility index (Phi) is 3.99. The maximum Gasteiger partial charge on any atom is 0.296 e. The van der Waals surface area contributed by atoms with Crippen LogP contribution in [0.2, 0.25) is 0 Å². The lowest BCUT2D eigenvalue weighted by Crippen LogP contribution is -2.22. The van der Waals surface area contributed by atoms with Crippen molar-refractivity contribution < 1.29 is 9.59 Å². The summed E-state index contributed by atoms with van der Waals surface area (Å²) in [6.07, 6.45) is 0. The van der Waals surface area contributed by atoms with Crippen molar-refractivity contribution in [2.24, 2.45) is 0 Å². The zero-order valence-corrected chi connectivity index (χ0v) is 11.9. The maximum atomic E-state index is 12.1. The SMILES string of the molecule is Cc1ccc(NC(=O)C(=O)c2ccc(C)c(C)c2)cc1. The Morgan fingerprint density at radius 1 is 0.850 bits per heavy atom. The van der Waals surface area contributed by atoms with Crippen LogP contribution in [-0.4, -0.2) is 11.7 Å². The van der Waals surface area contributed by atoms with Crippen molar-refractivity contribution in [2.45, 2.75) is 20.8 Å². The number of carbonyl (C=O) groups is 2. The molecule has 3 heteroatoms. The van der Waals surface area contributed by atoms with E-state index in [1.807, 2.05) is 39.0 Å². The van der Waals surface area contributed by atoms with Crippen LogP contribution in [0.3, 0.4) is 0 Å². The number of Topliss-reactive ketones (excluding diaryl/α,β-unsaturated/α-hetero) is 1. The number of rotatable bonds is 3. The van der Waals surface area contributed by atoms with Gasteiger partial charge in [-0.15, -0.1) is 0 Å². The first-order valence-corrected chi connectivity index (χ1v) is 6.47. The molecule has 2 aromatic rings. The Morgan fingerprint density at radius 3 is 2.10 bits per heavy atom. The number of hydrogen-bond acceptors (Lipinski definition) is 2. The lowest BCUT2D eigenvalue weighted by Gasteiger charge is -2.06. The molecule has 2 aromatic carbocycles. The van der Waals surface area contributed by atoms with Crippen LogP contribution >= 0.6 is 0 Å². The van der Waals surface area contributed by atoms with E-state index in [1.165, 1.54) is 0 Å². The Hall–Kier alpha value is -2.42. The molecule has 1 amide bonds. The quantitative estimate of drug-likeness (QED) is 0.684. The van der Waals surface area contributed by atoms with Gasteiger partial charge in [-0.3, -0.25) is 9.59 Å². The van der Waals surface area contributed by atoms with Crippen LogP contribution in [0.4, 0.5) is 5.69 Å². The Morgan fingerprint density at radius 2 is 1.50 bits per heavy atom. The first-order valence-electron chi connectivity index (χ1n) is 6.47. The Labute approximate surface area is 118 Å². The molecule has 0 heterocycles. The zero-order valence-electron chi connectivity index (χ0n) is 11.9. The molecule has 0 spiro atoms. The molecule has 0 atom stereocenters. The van der Waals surface area contributed by atoms with Gasteiger partial charge >= 0.3 is 0 Å². The van der Waals surface area contributed by atoms with Gasteiger partial charge in [0, 0.05) is 11.3 Å². The number of benzene rings is 2. The van der Waals surface area contributed by atoms with Crippen LogP contribution < -0.4 is 5.32 Å². The van der Waals surface area contributed by atoms with Gasteiger partial charge in [-0.05, 0) is 50.1 Å². The van der Waals surface area contributed by atoms with Crippen molar-refractivity contribution in [3.05, 3.63) is 64.7 Å². The number of ketones is 1. The number of nitrogens with one attached hydrogen (secondary N) is 1. The van der Waals surface area contributed by atoms with Crippen LogP contribution in [0.5, 0.6) is 0 Å². The summed E-state index contributed by atoms with van der Waals surface area (Å²) in [7, 11) is 0. The first kappa shape index (κ1) is 14.0. The predicted molar refractivity (Wildman–Crippen MR) is 80.1 cm³/mol. The molecule has 0 saturated heterocycles. The highest BCUT2D eigenvalue weighted by Gasteiger charge is 2.16. The second kappa shape index (κ2) is 5.70. The minimum absolute atomic E-state index is 0.415. The van der Waals surface area contributed by atoms with E-state index in [2.05, 4.69) is 5.32 Å². The molecule has 0 aliphatic heterocycles. The summed E-state index contributed by atoms with van der Waals surface area (Å²) in [5.74, 6) is -1.13. The average molecular weight is 267 g/mol. The van der Waals surface area contributed by atoms with Crippen LogP contribution in [0, 0.1) is 20.8 Å². The molecule has 102 valence electrons. The van der Waals surface area contributed by atoms with Crippen molar-refractivity contribution >= 4 is 17.4 Å². The van der Waals surface area contributed by atoms with Crippen LogP contribution in [0.1, 0.15) is 27.0 Å². The highest BCUT2D eigenvalue weighted by Crippen LogP contribution is 2.12. The third kappa shape index (κ3) is 3.12. The van der Waals surface area contributed by atoms with E-state index in [0.29, 0.717) is 11.3 Å². The predicted octanol–water partition coefficient (Wildman–Crippen LogP) is 3.43. The number of aryl methyl sites for hydroxylation is 3. The minimum atomic E-state index is -0.614. The van der Waals surface area contributed by atoms with Crippen molar-refractivity contribution in [1.29, 1.82) is 0 Å². The Balaban J connectivity index is 2.14. The molecule has 1 N–H and O–H groups in total. The molecular weight excluding hydrogens is 250 g/mol. The van der Waals surface area contributed by atoms with E-state index < -0.39 is 11.7 Å². The third-order valence-electron chi connectivity index (χ3n) is 3.28. The van der Waals surface area contributed by atoms with Crippen molar-refractivity contribution in [3.63, 3.8) is 0 Å². The van der Waals surface area contributed by atoms with E-state index in [9.17, 15) is 9.59 Å². The van der Waals surface area contributed by atoms with E-state index in [1.54, 1.807) is 24.3 Å². The van der Waals surface area contributed by atoms with Gasteiger partial charge in [0.15, 0.2) is 0 Å². The molecule has 2 rings (SSSR count). The molecule has 0 saturated carbocycles. The molecular formula is C17H17NO2. The van der Waals surface area contributed by atoms with E-state index in [0.717, 1.165) is 16.7 Å². The fourth-order valence-electron chi connectivity index (χ4n) is 1.84. The lowest BCUT2D eigenvalue weighted by atomic mass is 10.0. The van der Waals surface area contributed by atoms with Gasteiger partial charge < -0.3 is 5.32 Å². The summed E-state index contributed by atoms with van der Waals surface area (Å²) in [6.45, 7) is 5.85. The van der Waals surface area contributed by atoms with Crippen molar-refractivity contribution in [1.82, 2.24) is 0 Å². The van der Waals surface area contributed by atoms with Gasteiger partial charge in [0.2, 0.25) is 0 Å². The smallest absolute Gasteiger partial charge is 0.296 e. The normalized spacial score (nSPS) is 10.2. The Bertz CT molecular complexity index is 657. The monoisotopic (exact) mass is 267 g/mol. The summed E-state index contributed by atoms with van der Waals surface area (Å²) in [4.78, 5) is 24.0. The zero-order chi connectivity index (χ0) is 14.7. The highest BCUT2D eigenvalue weighted by molar-refractivity contribution is 6.46. The van der Waals surface area contributed by atoms with Crippen LogP contribution in [0.15, 0.2) is 42.5 Å². The maximum absolute atomic E-state index is 12.1. The molecule has 0 aromatic heterocycles. The summed E-state index contributed by atoms with van der Waals surface area (Å²) in [6, 6.07) is 12.6. The highest BCUT2D eigenvalue weighted by atomic mass is 16.2. The van der Waals surface area contributed by atoms with Gasteiger partial charge in [0.25, 0.3) is 11.7 Å². The van der Waals surface area contributed by atoms with Gasteiger partial charge in [0.1, 0.15) is 0 Å². The number of carbonyl (C=O) groups excluding carboxylic acids is 2. The summed E-state index contributed by atoms with van der Waals surface area (Å²) in [5, 5.41) is 2.61. The molecule has 0 radical (unpaired) electrons. The summed E-state index contributed by atoms with van der Waals surface area (Å²) in [5.41, 5.74) is 4.23. The molecule has 3 nitrogen and oxygen atoms in total. The largest absolute Gasteiger partial charge is 0.319 e. The van der Waals surface area contributed by atoms with Crippen LogP contribution in [-0.2, 0) is 4.79 Å². The standard InChI is InChI=1S/C17H17NO2/c1-11-4-8-15(9-5-11)18-17(20)16(19)14-7-6-12(2)13(3)10-14/h4-10H,1-3H3,(H,18,20). The van der Waals surface area contributed by atoms with Gasteiger partial charge in [0.05, 0.1) is 0 Å². The topological polar surface area (TPSA) is 46.2 Å². The second-order valence-corrected chi connectivity index (χ2v) is 4.95. The summed E-state index contributed by atoms with van der Waals surface area (Å²) < 4.78 is 0. The van der Waals surface area contributed by atoms with Crippen molar-refractivity contribution in [3.8, 4) is 0 Å². The third-order valence-corrected chi connectivity index (χ3v) is 3.28. The lowest BCUT2D eigenvalue weighted by molar-refractivity contribution is -0.112. The van der Waals surface area contributed by atoms with E-state index in [4.69, 9.17) is 0 Å². The van der Waals surface area contributed by atoms with Gasteiger partial charge in [-0.2, -0.15) is 0 Å². The average Bonchev–Trinajstić information content (AvgIpc) is 2.43. The molecule has 0 aliphatic rings. The fraction of sp³-hybridized carbons (Fsp3) is 0.176. The number of amides is 1. The summed E-state index contributed by atoms with van der Waals surface area (Å²) >= 11 is 0. The molecule has 0 bridgehead atoms. The first-order chi connectivity index (χ1) is 9.47. The van der Waals surface area contributed by atoms with Crippen LogP contribution in [0.25, 0.3) is 0 Å². The molecule has 0 aliphatic carbocycles. The fourth-order valence-corrected chi connectivity index (χ4v) is 1.84. The minimum Gasteiger partial charge on any atom is -0.319 e. The van der Waals surface area contributed by atoms with Gasteiger partial charge in [-0.1, -0.05) is 29.8 Å². The van der Waals surface area contributed by atoms with E-state index in [-0.39, 0.29) is 0 Å². The van der Waals surface area contributed by atoms with Crippen molar-refractivity contribution in [2.75, 3.05) is 5.32 Å². The second-order valence-electron chi connectivity index (χ2n) is 4.95. The molecule has 0 unspecified atom stereocenters. The number of anilines is 1. The van der Waals surface area contributed by atoms with Gasteiger partial charge in [-0.25, -0.2) is 0 Å². The molecule has 20 heavy (non-hydrogen) atoms. The van der Waals surface area contributed by atoms with E-state index >= 15 is 0 Å².